The highest BCUT2D eigenvalue weighted by molar-refractivity contribution is 5.94. The number of hydrogen-bond donors (Lipinski definition) is 2. The van der Waals surface area contributed by atoms with E-state index in [-0.39, 0.29) is 18.7 Å². The van der Waals surface area contributed by atoms with Crippen LogP contribution in [-0.2, 0) is 4.79 Å². The van der Waals surface area contributed by atoms with Gasteiger partial charge in [0.25, 0.3) is 0 Å². The molecule has 0 aromatic heterocycles. The molecule has 20 heavy (non-hydrogen) atoms. The number of nitrogens with one attached hydrogen (secondary N) is 2. The SMILES string of the molecule is CC(C(=O)Nc1ccc2c(c1)OCO2)N1CCNCC1. The van der Waals surface area contributed by atoms with Gasteiger partial charge in [-0.25, -0.2) is 0 Å². The highest BCUT2D eigenvalue weighted by atomic mass is 16.7. The van der Waals surface area contributed by atoms with E-state index in [0.29, 0.717) is 5.75 Å². The van der Waals surface area contributed by atoms with E-state index in [1.165, 1.54) is 0 Å². The number of rotatable bonds is 3. The number of benzene rings is 1. The Bertz CT molecular complexity index is 500. The smallest absolute Gasteiger partial charge is 0.241 e. The number of carbonyl (C=O) groups is 1. The summed E-state index contributed by atoms with van der Waals surface area (Å²) in [7, 11) is 0. The molecule has 3 rings (SSSR count). The summed E-state index contributed by atoms with van der Waals surface area (Å²) in [6.07, 6.45) is 0. The third-order valence-electron chi connectivity index (χ3n) is 3.72. The van der Waals surface area contributed by atoms with Gasteiger partial charge in [-0.15, -0.1) is 0 Å². The molecule has 0 bridgehead atoms. The average Bonchev–Trinajstić information content (AvgIpc) is 2.95. The zero-order valence-electron chi connectivity index (χ0n) is 11.5. The Morgan fingerprint density at radius 1 is 1.30 bits per heavy atom. The van der Waals surface area contributed by atoms with Crippen molar-refractivity contribution in [1.82, 2.24) is 10.2 Å². The molecule has 6 heteroatoms. The summed E-state index contributed by atoms with van der Waals surface area (Å²) in [5.41, 5.74) is 0.737. The fourth-order valence-electron chi connectivity index (χ4n) is 2.46. The first-order chi connectivity index (χ1) is 9.74. The molecule has 2 aliphatic heterocycles. The zero-order valence-corrected chi connectivity index (χ0v) is 11.5. The van der Waals surface area contributed by atoms with Crippen LogP contribution >= 0.6 is 0 Å². The van der Waals surface area contributed by atoms with Gasteiger partial charge in [0, 0.05) is 37.9 Å². The Morgan fingerprint density at radius 2 is 2.05 bits per heavy atom. The predicted octanol–water partition coefficient (Wildman–Crippen LogP) is 0.647. The van der Waals surface area contributed by atoms with Gasteiger partial charge in [-0.05, 0) is 19.1 Å². The van der Waals surface area contributed by atoms with E-state index >= 15 is 0 Å². The molecule has 1 aromatic rings. The van der Waals surface area contributed by atoms with Crippen LogP contribution in [0.25, 0.3) is 0 Å². The number of carbonyl (C=O) groups excluding carboxylic acids is 1. The number of hydrogen-bond acceptors (Lipinski definition) is 5. The van der Waals surface area contributed by atoms with Crippen LogP contribution in [0.5, 0.6) is 11.5 Å². The van der Waals surface area contributed by atoms with Gasteiger partial charge in [0.1, 0.15) is 0 Å². The van der Waals surface area contributed by atoms with Crippen molar-refractivity contribution in [2.75, 3.05) is 38.3 Å². The van der Waals surface area contributed by atoms with Crippen LogP contribution in [0.1, 0.15) is 6.92 Å². The molecule has 108 valence electrons. The summed E-state index contributed by atoms with van der Waals surface area (Å²) >= 11 is 0. The van der Waals surface area contributed by atoms with Crippen molar-refractivity contribution in [3.63, 3.8) is 0 Å². The summed E-state index contributed by atoms with van der Waals surface area (Å²) in [4.78, 5) is 14.4. The van der Waals surface area contributed by atoms with E-state index in [1.807, 2.05) is 19.1 Å². The Morgan fingerprint density at radius 3 is 2.85 bits per heavy atom. The van der Waals surface area contributed by atoms with Crippen molar-refractivity contribution < 1.29 is 14.3 Å². The summed E-state index contributed by atoms with van der Waals surface area (Å²) in [6, 6.07) is 5.30. The summed E-state index contributed by atoms with van der Waals surface area (Å²) < 4.78 is 10.6. The second kappa shape index (κ2) is 5.68. The average molecular weight is 277 g/mol. The summed E-state index contributed by atoms with van der Waals surface area (Å²) in [5, 5.41) is 6.21. The maximum absolute atomic E-state index is 12.3. The predicted molar refractivity (Wildman–Crippen MR) is 75.1 cm³/mol. The number of ether oxygens (including phenoxy) is 2. The molecule has 2 aliphatic rings. The molecule has 1 amide bonds. The zero-order chi connectivity index (χ0) is 13.9. The number of anilines is 1. The lowest BCUT2D eigenvalue weighted by atomic mass is 10.2. The molecule has 0 radical (unpaired) electrons. The minimum Gasteiger partial charge on any atom is -0.454 e. The Kier molecular flexibility index (Phi) is 3.75. The minimum atomic E-state index is -0.137. The van der Waals surface area contributed by atoms with Gasteiger partial charge in [-0.1, -0.05) is 0 Å². The first kappa shape index (κ1) is 13.2. The highest BCUT2D eigenvalue weighted by Gasteiger charge is 2.23. The fourth-order valence-corrected chi connectivity index (χ4v) is 2.46. The molecule has 0 aliphatic carbocycles. The van der Waals surface area contributed by atoms with Crippen LogP contribution in [0.4, 0.5) is 5.69 Å². The van der Waals surface area contributed by atoms with Gasteiger partial charge in [0.05, 0.1) is 6.04 Å². The number of nitrogens with zero attached hydrogens (tertiary/aromatic N) is 1. The monoisotopic (exact) mass is 277 g/mol. The van der Waals surface area contributed by atoms with Crippen LogP contribution in [-0.4, -0.2) is 49.8 Å². The van der Waals surface area contributed by atoms with Gasteiger partial charge in [-0.2, -0.15) is 0 Å². The van der Waals surface area contributed by atoms with Crippen molar-refractivity contribution in [2.45, 2.75) is 13.0 Å². The molecule has 1 atom stereocenters. The van der Waals surface area contributed by atoms with Crippen molar-refractivity contribution >= 4 is 11.6 Å². The molecular formula is C14H19N3O3. The standard InChI is InChI=1S/C14H19N3O3/c1-10(17-6-4-15-5-7-17)14(18)16-11-2-3-12-13(8-11)20-9-19-12/h2-3,8,10,15H,4-7,9H2,1H3,(H,16,18). The molecule has 1 saturated heterocycles. The van der Waals surface area contributed by atoms with Crippen LogP contribution < -0.4 is 20.1 Å². The Labute approximate surface area is 118 Å². The van der Waals surface area contributed by atoms with Gasteiger partial charge in [0.2, 0.25) is 12.7 Å². The number of amides is 1. The molecule has 0 spiro atoms. The first-order valence-corrected chi connectivity index (χ1v) is 6.89. The van der Waals surface area contributed by atoms with E-state index in [9.17, 15) is 4.79 Å². The van der Waals surface area contributed by atoms with Crippen LogP contribution in [0, 0.1) is 0 Å². The van der Waals surface area contributed by atoms with Gasteiger partial charge in [0.15, 0.2) is 11.5 Å². The van der Waals surface area contributed by atoms with Crippen molar-refractivity contribution in [3.8, 4) is 11.5 Å². The van der Waals surface area contributed by atoms with Crippen molar-refractivity contribution in [3.05, 3.63) is 18.2 Å². The second-order valence-corrected chi connectivity index (χ2v) is 5.02. The molecule has 1 aromatic carbocycles. The molecular weight excluding hydrogens is 258 g/mol. The lowest BCUT2D eigenvalue weighted by Crippen LogP contribution is -2.51. The van der Waals surface area contributed by atoms with Gasteiger partial charge >= 0.3 is 0 Å². The number of fused-ring (bicyclic) bond motifs is 1. The quantitative estimate of drug-likeness (QED) is 0.849. The molecule has 1 unspecified atom stereocenters. The molecule has 0 saturated carbocycles. The Hall–Kier alpha value is -1.79. The van der Waals surface area contributed by atoms with E-state index in [0.717, 1.165) is 37.6 Å². The summed E-state index contributed by atoms with van der Waals surface area (Å²) in [6.45, 7) is 5.84. The van der Waals surface area contributed by atoms with E-state index in [2.05, 4.69) is 15.5 Å². The van der Waals surface area contributed by atoms with Gasteiger partial charge < -0.3 is 20.1 Å². The van der Waals surface area contributed by atoms with E-state index < -0.39 is 0 Å². The molecule has 2 heterocycles. The maximum atomic E-state index is 12.3. The van der Waals surface area contributed by atoms with Crippen LogP contribution in [0.15, 0.2) is 18.2 Å². The number of piperazine rings is 1. The first-order valence-electron chi connectivity index (χ1n) is 6.89. The van der Waals surface area contributed by atoms with Gasteiger partial charge in [-0.3, -0.25) is 9.69 Å². The van der Waals surface area contributed by atoms with Crippen LogP contribution in [0.3, 0.4) is 0 Å². The summed E-state index contributed by atoms with van der Waals surface area (Å²) in [5.74, 6) is 1.40. The third kappa shape index (κ3) is 2.71. The highest BCUT2D eigenvalue weighted by Crippen LogP contribution is 2.34. The van der Waals surface area contributed by atoms with Crippen molar-refractivity contribution in [1.29, 1.82) is 0 Å². The topological polar surface area (TPSA) is 62.8 Å². The van der Waals surface area contributed by atoms with E-state index in [4.69, 9.17) is 9.47 Å². The largest absolute Gasteiger partial charge is 0.454 e. The third-order valence-corrected chi connectivity index (χ3v) is 3.72. The normalized spacial score (nSPS) is 19.6. The van der Waals surface area contributed by atoms with Crippen LogP contribution in [0.2, 0.25) is 0 Å². The second-order valence-electron chi connectivity index (χ2n) is 5.02. The maximum Gasteiger partial charge on any atom is 0.241 e. The molecule has 1 fully saturated rings. The Balaban J connectivity index is 1.63. The molecule has 6 nitrogen and oxygen atoms in total. The lowest BCUT2D eigenvalue weighted by molar-refractivity contribution is -0.120. The minimum absolute atomic E-state index is 0.00534. The van der Waals surface area contributed by atoms with E-state index in [1.54, 1.807) is 6.07 Å². The lowest BCUT2D eigenvalue weighted by Gasteiger charge is -2.31. The molecule has 2 N–H and O–H groups in total. The van der Waals surface area contributed by atoms with Crippen molar-refractivity contribution in [2.24, 2.45) is 0 Å². The fraction of sp³-hybridized carbons (Fsp3) is 0.500.